The van der Waals surface area contributed by atoms with Gasteiger partial charge in [-0.1, -0.05) is 6.42 Å². The third-order valence-corrected chi connectivity index (χ3v) is 1.61. The van der Waals surface area contributed by atoms with E-state index >= 15 is 0 Å². The van der Waals surface area contributed by atoms with Crippen LogP contribution in [0.15, 0.2) is 4.99 Å². The molecule has 0 saturated heterocycles. The van der Waals surface area contributed by atoms with Crippen LogP contribution >= 0.6 is 0 Å². The van der Waals surface area contributed by atoms with Crippen LogP contribution < -0.4 is 11.5 Å². The molecule has 0 aromatic heterocycles. The van der Waals surface area contributed by atoms with E-state index in [9.17, 15) is 9.59 Å². The van der Waals surface area contributed by atoms with Gasteiger partial charge in [-0.25, -0.2) is 4.79 Å². The maximum absolute atomic E-state index is 11.0. The Kier molecular flexibility index (Phi) is 7.64. The molecule has 0 aromatic rings. The SMILES string of the molecule is NCCCCC(N)C(=O)OCN=C=O. The normalized spacial score (nSPS) is 11.6. The molecule has 1 unspecified atom stereocenters. The zero-order chi connectivity index (χ0) is 10.8. The number of aliphatic imine (C=N–C) groups is 1. The summed E-state index contributed by atoms with van der Waals surface area (Å²) in [6.45, 7) is 0.268. The van der Waals surface area contributed by atoms with Crippen molar-refractivity contribution in [1.82, 2.24) is 0 Å². The molecule has 0 spiro atoms. The molecular weight excluding hydrogens is 186 g/mol. The molecule has 0 bridgehead atoms. The summed E-state index contributed by atoms with van der Waals surface area (Å²) in [5, 5.41) is 0. The zero-order valence-electron chi connectivity index (χ0n) is 7.94. The quantitative estimate of drug-likeness (QED) is 0.244. The number of ether oxygens (including phenoxy) is 1. The molecule has 0 fully saturated rings. The summed E-state index contributed by atoms with van der Waals surface area (Å²) in [5.41, 5.74) is 10.8. The van der Waals surface area contributed by atoms with Crippen molar-refractivity contribution >= 4 is 12.0 Å². The molecule has 0 heterocycles. The summed E-state index contributed by atoms with van der Waals surface area (Å²) in [7, 11) is 0. The first kappa shape index (κ1) is 12.8. The molecule has 0 radical (unpaired) electrons. The highest BCUT2D eigenvalue weighted by Crippen LogP contribution is 1.99. The van der Waals surface area contributed by atoms with Crippen molar-refractivity contribution in [2.75, 3.05) is 13.3 Å². The fourth-order valence-electron chi connectivity index (χ4n) is 0.856. The first-order valence-electron chi connectivity index (χ1n) is 4.38. The van der Waals surface area contributed by atoms with Crippen LogP contribution in [0.2, 0.25) is 0 Å². The average Bonchev–Trinajstić information content (AvgIpc) is 2.18. The maximum atomic E-state index is 11.0. The van der Waals surface area contributed by atoms with Gasteiger partial charge >= 0.3 is 5.97 Å². The zero-order valence-corrected chi connectivity index (χ0v) is 7.94. The lowest BCUT2D eigenvalue weighted by Crippen LogP contribution is -2.32. The van der Waals surface area contributed by atoms with E-state index in [4.69, 9.17) is 11.5 Å². The van der Waals surface area contributed by atoms with Gasteiger partial charge in [0.05, 0.1) is 0 Å². The van der Waals surface area contributed by atoms with E-state index in [0.717, 1.165) is 12.8 Å². The van der Waals surface area contributed by atoms with E-state index < -0.39 is 12.0 Å². The van der Waals surface area contributed by atoms with E-state index in [-0.39, 0.29) is 6.73 Å². The molecule has 0 aliphatic heterocycles. The van der Waals surface area contributed by atoms with E-state index in [1.807, 2.05) is 0 Å². The second kappa shape index (κ2) is 8.37. The fraction of sp³-hybridized carbons (Fsp3) is 0.750. The molecule has 14 heavy (non-hydrogen) atoms. The van der Waals surface area contributed by atoms with Crippen LogP contribution in [0, 0.1) is 0 Å². The number of hydrogen-bond donors (Lipinski definition) is 2. The monoisotopic (exact) mass is 201 g/mol. The number of nitrogens with two attached hydrogens (primary N) is 2. The van der Waals surface area contributed by atoms with Gasteiger partial charge in [0.1, 0.15) is 6.04 Å². The molecule has 0 aliphatic carbocycles. The summed E-state index contributed by atoms with van der Waals surface area (Å²) >= 11 is 0. The minimum absolute atomic E-state index is 0.313. The van der Waals surface area contributed by atoms with Crippen molar-refractivity contribution in [1.29, 1.82) is 0 Å². The van der Waals surface area contributed by atoms with Crippen LogP contribution in [-0.4, -0.2) is 31.4 Å². The number of esters is 1. The summed E-state index contributed by atoms with van der Waals surface area (Å²) in [4.78, 5) is 23.7. The van der Waals surface area contributed by atoms with Crippen LogP contribution in [0.5, 0.6) is 0 Å². The van der Waals surface area contributed by atoms with Crippen molar-refractivity contribution < 1.29 is 14.3 Å². The van der Waals surface area contributed by atoms with Crippen LogP contribution in [0.25, 0.3) is 0 Å². The minimum atomic E-state index is -0.664. The summed E-state index contributed by atoms with van der Waals surface area (Å²) in [5.74, 6) is -0.555. The third-order valence-electron chi connectivity index (χ3n) is 1.61. The Morgan fingerprint density at radius 1 is 1.50 bits per heavy atom. The molecular formula is C8H15N3O3. The molecule has 1 atom stereocenters. The second-order valence-corrected chi connectivity index (χ2v) is 2.73. The third kappa shape index (κ3) is 6.30. The smallest absolute Gasteiger partial charge is 0.324 e. The van der Waals surface area contributed by atoms with Crippen molar-refractivity contribution in [3.05, 3.63) is 0 Å². The van der Waals surface area contributed by atoms with Crippen LogP contribution in [0.4, 0.5) is 0 Å². The number of carbonyl (C=O) groups excluding carboxylic acids is 2. The highest BCUT2D eigenvalue weighted by molar-refractivity contribution is 5.75. The lowest BCUT2D eigenvalue weighted by atomic mass is 10.1. The van der Waals surface area contributed by atoms with Crippen LogP contribution in [0.3, 0.4) is 0 Å². The molecule has 80 valence electrons. The summed E-state index contributed by atoms with van der Waals surface area (Å²) in [6.07, 6.45) is 3.39. The molecule has 4 N–H and O–H groups in total. The lowest BCUT2D eigenvalue weighted by Gasteiger charge is -2.08. The first-order chi connectivity index (χ1) is 6.72. The van der Waals surface area contributed by atoms with Gasteiger partial charge in [-0.05, 0) is 19.4 Å². The Labute approximate surface area is 82.3 Å². The van der Waals surface area contributed by atoms with E-state index in [0.29, 0.717) is 13.0 Å². The molecule has 6 heteroatoms. The molecule has 6 nitrogen and oxygen atoms in total. The van der Waals surface area contributed by atoms with Gasteiger partial charge in [0.25, 0.3) is 0 Å². The van der Waals surface area contributed by atoms with Gasteiger partial charge in [0.2, 0.25) is 6.08 Å². The van der Waals surface area contributed by atoms with Crippen molar-refractivity contribution in [2.45, 2.75) is 25.3 Å². The van der Waals surface area contributed by atoms with Gasteiger partial charge < -0.3 is 16.2 Å². The number of unbranched alkanes of at least 4 members (excludes halogenated alkanes) is 1. The van der Waals surface area contributed by atoms with Crippen LogP contribution in [0.1, 0.15) is 19.3 Å². The molecule has 0 amide bonds. The minimum Gasteiger partial charge on any atom is -0.440 e. The van der Waals surface area contributed by atoms with Crippen molar-refractivity contribution in [3.63, 3.8) is 0 Å². The van der Waals surface area contributed by atoms with Gasteiger partial charge in [-0.15, -0.1) is 0 Å². The molecule has 0 rings (SSSR count). The fourth-order valence-corrected chi connectivity index (χ4v) is 0.856. The highest BCUT2D eigenvalue weighted by Gasteiger charge is 2.13. The molecule has 0 aromatic carbocycles. The topological polar surface area (TPSA) is 108 Å². The van der Waals surface area contributed by atoms with Gasteiger partial charge in [-0.2, -0.15) is 4.99 Å². The Balaban J connectivity index is 3.59. The van der Waals surface area contributed by atoms with E-state index in [1.54, 1.807) is 0 Å². The number of nitrogens with zero attached hydrogens (tertiary/aromatic N) is 1. The summed E-state index contributed by atoms with van der Waals surface area (Å²) < 4.78 is 4.55. The lowest BCUT2D eigenvalue weighted by molar-refractivity contribution is -0.145. The highest BCUT2D eigenvalue weighted by atomic mass is 16.5. The Morgan fingerprint density at radius 3 is 2.79 bits per heavy atom. The Hall–Kier alpha value is -1.23. The van der Waals surface area contributed by atoms with Crippen molar-refractivity contribution in [3.8, 4) is 0 Å². The molecule has 0 saturated carbocycles. The van der Waals surface area contributed by atoms with Crippen LogP contribution in [-0.2, 0) is 14.3 Å². The van der Waals surface area contributed by atoms with Crippen molar-refractivity contribution in [2.24, 2.45) is 16.5 Å². The number of isocyanates is 1. The Morgan fingerprint density at radius 2 is 2.21 bits per heavy atom. The Bertz CT molecular complexity index is 214. The largest absolute Gasteiger partial charge is 0.440 e. The molecule has 0 aliphatic rings. The van der Waals surface area contributed by atoms with Gasteiger partial charge in [0.15, 0.2) is 6.73 Å². The predicted molar refractivity (Wildman–Crippen MR) is 50.0 cm³/mol. The average molecular weight is 201 g/mol. The number of carbonyl (C=O) groups is 1. The van der Waals surface area contributed by atoms with E-state index in [1.165, 1.54) is 6.08 Å². The number of rotatable bonds is 7. The number of hydrogen-bond acceptors (Lipinski definition) is 6. The summed E-state index contributed by atoms with van der Waals surface area (Å²) in [6, 6.07) is -0.664. The van der Waals surface area contributed by atoms with Gasteiger partial charge in [-0.3, -0.25) is 4.79 Å². The second-order valence-electron chi connectivity index (χ2n) is 2.73. The predicted octanol–water partition coefficient (Wildman–Crippen LogP) is -0.721. The van der Waals surface area contributed by atoms with Gasteiger partial charge in [0, 0.05) is 0 Å². The first-order valence-corrected chi connectivity index (χ1v) is 4.38. The van der Waals surface area contributed by atoms with E-state index in [2.05, 4.69) is 9.73 Å². The standard InChI is InChI=1S/C8H15N3O3/c9-4-2-1-3-7(10)8(13)14-6-11-5-12/h7H,1-4,6,9-10H2. The maximum Gasteiger partial charge on any atom is 0.324 e.